The van der Waals surface area contributed by atoms with E-state index in [9.17, 15) is 4.79 Å². The van der Waals surface area contributed by atoms with Gasteiger partial charge in [-0.25, -0.2) is 0 Å². The Morgan fingerprint density at radius 3 is 2.33 bits per heavy atom. The van der Waals surface area contributed by atoms with Crippen molar-refractivity contribution in [2.45, 2.75) is 53.5 Å². The fraction of sp³-hybridized carbons (Fsp3) is 0.562. The summed E-state index contributed by atoms with van der Waals surface area (Å²) < 4.78 is 0. The molecular formula is C16H25NO. The molecule has 0 unspecified atom stereocenters. The van der Waals surface area contributed by atoms with E-state index >= 15 is 0 Å². The molecular weight excluding hydrogens is 222 g/mol. The predicted molar refractivity (Wildman–Crippen MR) is 77.4 cm³/mol. The van der Waals surface area contributed by atoms with Gasteiger partial charge >= 0.3 is 0 Å². The molecule has 0 radical (unpaired) electrons. The highest BCUT2D eigenvalue weighted by Gasteiger charge is 2.10. The van der Waals surface area contributed by atoms with Crippen molar-refractivity contribution in [3.05, 3.63) is 34.4 Å². The van der Waals surface area contributed by atoms with Crippen LogP contribution in [-0.4, -0.2) is 18.4 Å². The zero-order valence-corrected chi connectivity index (χ0v) is 12.3. The maximum atomic E-state index is 12.1. The second kappa shape index (κ2) is 6.69. The van der Waals surface area contributed by atoms with Crippen molar-refractivity contribution in [3.8, 4) is 0 Å². The van der Waals surface area contributed by atoms with Crippen LogP contribution in [0.1, 0.15) is 53.7 Å². The molecule has 0 aliphatic carbocycles. The molecule has 0 aromatic heterocycles. The molecule has 0 atom stereocenters. The first-order valence-electron chi connectivity index (χ1n) is 6.76. The second-order valence-corrected chi connectivity index (χ2v) is 5.39. The lowest BCUT2D eigenvalue weighted by Crippen LogP contribution is -2.24. The molecule has 0 saturated carbocycles. The molecule has 0 fully saturated rings. The number of hydrogen-bond donors (Lipinski definition) is 1. The van der Waals surface area contributed by atoms with Crippen LogP contribution in [0.5, 0.6) is 0 Å². The summed E-state index contributed by atoms with van der Waals surface area (Å²) in [5, 5.41) is 3.34. The molecule has 2 nitrogen and oxygen atoms in total. The van der Waals surface area contributed by atoms with E-state index in [-0.39, 0.29) is 5.78 Å². The van der Waals surface area contributed by atoms with Crippen LogP contribution in [-0.2, 0) is 0 Å². The first-order valence-corrected chi connectivity index (χ1v) is 6.76. The van der Waals surface area contributed by atoms with E-state index in [1.54, 1.807) is 0 Å². The molecule has 0 amide bonds. The predicted octanol–water partition coefficient (Wildman–Crippen LogP) is 3.57. The monoisotopic (exact) mass is 247 g/mol. The molecule has 0 saturated heterocycles. The Balaban J connectivity index is 2.59. The molecule has 1 aromatic carbocycles. The topological polar surface area (TPSA) is 29.1 Å². The highest BCUT2D eigenvalue weighted by Crippen LogP contribution is 2.17. The van der Waals surface area contributed by atoms with Crippen molar-refractivity contribution in [3.63, 3.8) is 0 Å². The van der Waals surface area contributed by atoms with Gasteiger partial charge in [-0.3, -0.25) is 4.79 Å². The number of Topliss-reactive ketones (excluding diaryl/α,β-unsaturated/α-hetero) is 1. The standard InChI is InChI=1S/C16H25NO/c1-11(2)17-8-6-7-16(18)15-10-13(4)12(3)9-14(15)5/h9-11,17H,6-8H2,1-5H3. The van der Waals surface area contributed by atoms with Gasteiger partial charge in [-0.1, -0.05) is 19.9 Å². The zero-order valence-electron chi connectivity index (χ0n) is 12.3. The average molecular weight is 247 g/mol. The first kappa shape index (κ1) is 14.9. The fourth-order valence-electron chi connectivity index (χ4n) is 2.04. The summed E-state index contributed by atoms with van der Waals surface area (Å²) in [6.07, 6.45) is 1.53. The Labute approximate surface area is 111 Å². The Kier molecular flexibility index (Phi) is 5.54. The Morgan fingerprint density at radius 1 is 1.11 bits per heavy atom. The van der Waals surface area contributed by atoms with Gasteiger partial charge in [0, 0.05) is 18.0 Å². The molecule has 1 N–H and O–H groups in total. The number of carbonyl (C=O) groups excluding carboxylic acids is 1. The number of rotatable bonds is 6. The molecule has 0 spiro atoms. The number of carbonyl (C=O) groups is 1. The van der Waals surface area contributed by atoms with E-state index in [4.69, 9.17) is 0 Å². The maximum Gasteiger partial charge on any atom is 0.163 e. The highest BCUT2D eigenvalue weighted by atomic mass is 16.1. The van der Waals surface area contributed by atoms with E-state index in [1.165, 1.54) is 11.1 Å². The van der Waals surface area contributed by atoms with E-state index in [0.29, 0.717) is 12.5 Å². The number of hydrogen-bond acceptors (Lipinski definition) is 2. The third-order valence-corrected chi connectivity index (χ3v) is 3.27. The summed E-state index contributed by atoms with van der Waals surface area (Å²) in [7, 11) is 0. The van der Waals surface area contributed by atoms with Crippen LogP contribution in [0, 0.1) is 20.8 Å². The lowest BCUT2D eigenvalue weighted by Gasteiger charge is -2.10. The van der Waals surface area contributed by atoms with Crippen LogP contribution in [0.25, 0.3) is 0 Å². The Morgan fingerprint density at radius 2 is 1.72 bits per heavy atom. The minimum absolute atomic E-state index is 0.265. The molecule has 0 aliphatic rings. The molecule has 1 aromatic rings. The average Bonchev–Trinajstić information content (AvgIpc) is 2.28. The van der Waals surface area contributed by atoms with Crippen LogP contribution >= 0.6 is 0 Å². The highest BCUT2D eigenvalue weighted by molar-refractivity contribution is 5.97. The second-order valence-electron chi connectivity index (χ2n) is 5.39. The van der Waals surface area contributed by atoms with Crippen molar-refractivity contribution >= 4 is 5.78 Å². The maximum absolute atomic E-state index is 12.1. The molecule has 18 heavy (non-hydrogen) atoms. The fourth-order valence-corrected chi connectivity index (χ4v) is 2.04. The van der Waals surface area contributed by atoms with Gasteiger partial charge < -0.3 is 5.32 Å². The lowest BCUT2D eigenvalue weighted by atomic mass is 9.96. The quantitative estimate of drug-likeness (QED) is 0.615. The number of nitrogens with one attached hydrogen (secondary N) is 1. The van der Waals surface area contributed by atoms with Gasteiger partial charge in [-0.15, -0.1) is 0 Å². The Hall–Kier alpha value is -1.15. The van der Waals surface area contributed by atoms with Crippen LogP contribution in [0.3, 0.4) is 0 Å². The SMILES string of the molecule is Cc1cc(C)c(C(=O)CCCNC(C)C)cc1C. The molecule has 1 rings (SSSR count). The third-order valence-electron chi connectivity index (χ3n) is 3.27. The third kappa shape index (κ3) is 4.26. The summed E-state index contributed by atoms with van der Waals surface area (Å²) in [5.74, 6) is 0.265. The van der Waals surface area contributed by atoms with Crippen molar-refractivity contribution in [1.29, 1.82) is 0 Å². The molecule has 0 bridgehead atoms. The van der Waals surface area contributed by atoms with Crippen LogP contribution in [0.15, 0.2) is 12.1 Å². The van der Waals surface area contributed by atoms with Crippen LogP contribution < -0.4 is 5.32 Å². The molecule has 0 aliphatic heterocycles. The van der Waals surface area contributed by atoms with Crippen molar-refractivity contribution in [2.75, 3.05) is 6.54 Å². The van der Waals surface area contributed by atoms with Gasteiger partial charge in [0.1, 0.15) is 0 Å². The number of aryl methyl sites for hydroxylation is 3. The van der Waals surface area contributed by atoms with E-state index < -0.39 is 0 Å². The van der Waals surface area contributed by atoms with Crippen LogP contribution in [0.2, 0.25) is 0 Å². The summed E-state index contributed by atoms with van der Waals surface area (Å²) in [5.41, 5.74) is 4.44. The number of ketones is 1. The van der Waals surface area contributed by atoms with E-state index in [2.05, 4.69) is 39.1 Å². The van der Waals surface area contributed by atoms with Gasteiger partial charge in [0.05, 0.1) is 0 Å². The van der Waals surface area contributed by atoms with Gasteiger partial charge in [-0.05, 0) is 56.5 Å². The van der Waals surface area contributed by atoms with Gasteiger partial charge in [0.2, 0.25) is 0 Å². The van der Waals surface area contributed by atoms with E-state index in [1.807, 2.05) is 13.0 Å². The number of benzene rings is 1. The van der Waals surface area contributed by atoms with Gasteiger partial charge in [-0.2, -0.15) is 0 Å². The summed E-state index contributed by atoms with van der Waals surface area (Å²) in [6.45, 7) is 11.3. The van der Waals surface area contributed by atoms with Crippen LogP contribution in [0.4, 0.5) is 0 Å². The first-order chi connectivity index (χ1) is 8.41. The normalized spacial score (nSPS) is 11.0. The summed E-state index contributed by atoms with van der Waals surface area (Å²) >= 11 is 0. The van der Waals surface area contributed by atoms with Gasteiger partial charge in [0.15, 0.2) is 5.78 Å². The van der Waals surface area contributed by atoms with Crippen molar-refractivity contribution in [1.82, 2.24) is 5.32 Å². The minimum Gasteiger partial charge on any atom is -0.315 e. The molecule has 100 valence electrons. The summed E-state index contributed by atoms with van der Waals surface area (Å²) in [6, 6.07) is 4.63. The zero-order chi connectivity index (χ0) is 13.7. The Bertz CT molecular complexity index is 421. The molecule has 0 heterocycles. The lowest BCUT2D eigenvalue weighted by molar-refractivity contribution is 0.0979. The summed E-state index contributed by atoms with van der Waals surface area (Å²) in [4.78, 5) is 12.1. The smallest absolute Gasteiger partial charge is 0.163 e. The minimum atomic E-state index is 0.265. The molecule has 2 heteroatoms. The van der Waals surface area contributed by atoms with Gasteiger partial charge in [0.25, 0.3) is 0 Å². The van der Waals surface area contributed by atoms with Crippen molar-refractivity contribution < 1.29 is 4.79 Å². The van der Waals surface area contributed by atoms with E-state index in [0.717, 1.165) is 24.1 Å². The van der Waals surface area contributed by atoms with Crippen molar-refractivity contribution in [2.24, 2.45) is 0 Å². The largest absolute Gasteiger partial charge is 0.315 e.